The zero-order valence-corrected chi connectivity index (χ0v) is 13.5. The normalized spacial score (nSPS) is 12.0. The number of esters is 1. The van der Waals surface area contributed by atoms with Gasteiger partial charge in [0.2, 0.25) is 0 Å². The van der Waals surface area contributed by atoms with Crippen molar-refractivity contribution in [1.82, 2.24) is 0 Å². The minimum atomic E-state index is -0.931. The molecule has 0 unspecified atom stereocenters. The summed E-state index contributed by atoms with van der Waals surface area (Å²) >= 11 is 0. The third-order valence-electron chi connectivity index (χ3n) is 3.38. The molecule has 0 spiro atoms. The molecule has 0 aliphatic rings. The smallest absolute Gasteiger partial charge is 0.331 e. The molecule has 2 aromatic rings. The fourth-order valence-corrected chi connectivity index (χ4v) is 2.09. The maximum absolute atomic E-state index is 13.1. The Labute approximate surface area is 140 Å². The first-order valence-electron chi connectivity index (χ1n) is 7.44. The molecule has 0 bridgehead atoms. The molecule has 0 fully saturated rings. The SMILES string of the molecule is C[C@H](OC(=O)/C=C/c1cccc(F)c1)C(=O)N(C)c1ccccc1. The average Bonchev–Trinajstić information content (AvgIpc) is 2.59. The largest absolute Gasteiger partial charge is 0.449 e. The molecule has 0 aliphatic carbocycles. The fraction of sp³-hybridized carbons (Fsp3) is 0.158. The molecule has 5 heteroatoms. The van der Waals surface area contributed by atoms with E-state index >= 15 is 0 Å². The number of ether oxygens (including phenoxy) is 1. The van der Waals surface area contributed by atoms with Crippen LogP contribution in [0.5, 0.6) is 0 Å². The predicted molar refractivity (Wildman–Crippen MR) is 90.8 cm³/mol. The Bertz CT molecular complexity index is 743. The average molecular weight is 327 g/mol. The number of hydrogen-bond acceptors (Lipinski definition) is 3. The molecule has 0 heterocycles. The molecule has 1 atom stereocenters. The summed E-state index contributed by atoms with van der Waals surface area (Å²) in [4.78, 5) is 25.5. The van der Waals surface area contributed by atoms with Crippen molar-refractivity contribution < 1.29 is 18.7 Å². The number of para-hydroxylation sites is 1. The maximum atomic E-state index is 13.1. The van der Waals surface area contributed by atoms with Gasteiger partial charge in [-0.3, -0.25) is 4.79 Å². The van der Waals surface area contributed by atoms with Gasteiger partial charge in [-0.05, 0) is 42.8 Å². The minimum Gasteiger partial charge on any atom is -0.449 e. The number of likely N-dealkylation sites (N-methyl/N-ethyl adjacent to an activating group) is 1. The van der Waals surface area contributed by atoms with Crippen LogP contribution in [0.3, 0.4) is 0 Å². The van der Waals surface area contributed by atoms with E-state index < -0.39 is 17.9 Å². The molecule has 4 nitrogen and oxygen atoms in total. The van der Waals surface area contributed by atoms with Gasteiger partial charge in [0.15, 0.2) is 6.10 Å². The Morgan fingerprint density at radius 1 is 1.12 bits per heavy atom. The first-order valence-corrected chi connectivity index (χ1v) is 7.44. The number of carbonyl (C=O) groups excluding carboxylic acids is 2. The first kappa shape index (κ1) is 17.4. The topological polar surface area (TPSA) is 46.6 Å². The van der Waals surface area contributed by atoms with Crippen LogP contribution in [0.25, 0.3) is 6.08 Å². The molecule has 0 N–H and O–H groups in total. The molecule has 0 saturated carbocycles. The van der Waals surface area contributed by atoms with E-state index in [-0.39, 0.29) is 5.91 Å². The number of amides is 1. The second kappa shape index (κ2) is 8.06. The highest BCUT2D eigenvalue weighted by molar-refractivity contribution is 5.98. The highest BCUT2D eigenvalue weighted by Crippen LogP contribution is 2.13. The van der Waals surface area contributed by atoms with E-state index in [4.69, 9.17) is 4.74 Å². The Kier molecular flexibility index (Phi) is 5.84. The van der Waals surface area contributed by atoms with Crippen LogP contribution in [-0.4, -0.2) is 25.0 Å². The number of carbonyl (C=O) groups is 2. The van der Waals surface area contributed by atoms with Crippen LogP contribution in [0, 0.1) is 5.82 Å². The molecule has 2 rings (SSSR count). The summed E-state index contributed by atoms with van der Waals surface area (Å²) in [5, 5.41) is 0. The van der Waals surface area contributed by atoms with Crippen LogP contribution >= 0.6 is 0 Å². The molecular formula is C19H18FNO3. The van der Waals surface area contributed by atoms with Crippen LogP contribution in [0.4, 0.5) is 10.1 Å². The van der Waals surface area contributed by atoms with Crippen molar-refractivity contribution in [2.75, 3.05) is 11.9 Å². The monoisotopic (exact) mass is 327 g/mol. The van der Waals surface area contributed by atoms with Crippen LogP contribution < -0.4 is 4.90 Å². The summed E-state index contributed by atoms with van der Waals surface area (Å²) in [5.74, 6) is -1.39. The summed E-state index contributed by atoms with van der Waals surface area (Å²) in [7, 11) is 1.62. The highest BCUT2D eigenvalue weighted by atomic mass is 19.1. The number of anilines is 1. The van der Waals surface area contributed by atoms with Crippen LogP contribution in [0.15, 0.2) is 60.7 Å². The van der Waals surface area contributed by atoms with Gasteiger partial charge >= 0.3 is 5.97 Å². The third-order valence-corrected chi connectivity index (χ3v) is 3.38. The molecule has 0 radical (unpaired) electrons. The molecule has 0 aliphatic heterocycles. The van der Waals surface area contributed by atoms with Gasteiger partial charge in [-0.25, -0.2) is 9.18 Å². The van der Waals surface area contributed by atoms with Crippen LogP contribution in [0.2, 0.25) is 0 Å². The lowest BCUT2D eigenvalue weighted by atomic mass is 10.2. The van der Waals surface area contributed by atoms with Crippen LogP contribution in [0.1, 0.15) is 12.5 Å². The summed E-state index contributed by atoms with van der Waals surface area (Å²) in [6, 6.07) is 14.9. The summed E-state index contributed by atoms with van der Waals surface area (Å²) in [6.45, 7) is 1.51. The molecule has 124 valence electrons. The van der Waals surface area contributed by atoms with E-state index in [1.807, 2.05) is 18.2 Å². The van der Waals surface area contributed by atoms with E-state index in [0.717, 1.165) is 0 Å². The fourth-order valence-electron chi connectivity index (χ4n) is 2.09. The number of nitrogens with zero attached hydrogens (tertiary/aromatic N) is 1. The summed E-state index contributed by atoms with van der Waals surface area (Å²) in [6.07, 6.45) is 1.67. The number of hydrogen-bond donors (Lipinski definition) is 0. The lowest BCUT2D eigenvalue weighted by Crippen LogP contribution is -2.37. The zero-order chi connectivity index (χ0) is 17.5. The second-order valence-corrected chi connectivity index (χ2v) is 5.20. The third kappa shape index (κ3) is 4.78. The molecule has 0 aromatic heterocycles. The van der Waals surface area contributed by atoms with Gasteiger partial charge in [-0.2, -0.15) is 0 Å². The Morgan fingerprint density at radius 2 is 1.83 bits per heavy atom. The predicted octanol–water partition coefficient (Wildman–Crippen LogP) is 3.43. The van der Waals surface area contributed by atoms with Gasteiger partial charge in [0.05, 0.1) is 0 Å². The minimum absolute atomic E-state index is 0.339. The van der Waals surface area contributed by atoms with Crippen molar-refractivity contribution in [3.8, 4) is 0 Å². The lowest BCUT2D eigenvalue weighted by Gasteiger charge is -2.21. The van der Waals surface area contributed by atoms with Crippen LogP contribution in [-0.2, 0) is 14.3 Å². The Hall–Kier alpha value is -2.95. The Balaban J connectivity index is 1.94. The number of benzene rings is 2. The van der Waals surface area contributed by atoms with Crippen molar-refractivity contribution in [1.29, 1.82) is 0 Å². The zero-order valence-electron chi connectivity index (χ0n) is 13.5. The van der Waals surface area contributed by atoms with Crippen molar-refractivity contribution >= 4 is 23.6 Å². The first-order chi connectivity index (χ1) is 11.5. The van der Waals surface area contributed by atoms with Crippen molar-refractivity contribution in [3.63, 3.8) is 0 Å². The Morgan fingerprint density at radius 3 is 2.50 bits per heavy atom. The molecular weight excluding hydrogens is 309 g/mol. The van der Waals surface area contributed by atoms with E-state index in [9.17, 15) is 14.0 Å². The van der Waals surface area contributed by atoms with E-state index in [0.29, 0.717) is 11.3 Å². The standard InChI is InChI=1S/C19H18FNO3/c1-14(19(23)21(2)17-9-4-3-5-10-17)24-18(22)12-11-15-7-6-8-16(20)13-15/h3-14H,1-2H3/b12-11+/t14-/m0/s1. The second-order valence-electron chi connectivity index (χ2n) is 5.20. The van der Waals surface area contributed by atoms with Gasteiger partial charge in [0, 0.05) is 18.8 Å². The van der Waals surface area contributed by atoms with Gasteiger partial charge in [-0.15, -0.1) is 0 Å². The van der Waals surface area contributed by atoms with Crippen molar-refractivity contribution in [2.24, 2.45) is 0 Å². The number of halogens is 1. The lowest BCUT2D eigenvalue weighted by molar-refractivity contribution is -0.148. The molecule has 1 amide bonds. The van der Waals surface area contributed by atoms with Gasteiger partial charge in [0.25, 0.3) is 5.91 Å². The summed E-state index contributed by atoms with van der Waals surface area (Å²) < 4.78 is 18.2. The van der Waals surface area contributed by atoms with E-state index in [2.05, 4.69) is 0 Å². The molecule has 24 heavy (non-hydrogen) atoms. The quantitative estimate of drug-likeness (QED) is 0.624. The highest BCUT2D eigenvalue weighted by Gasteiger charge is 2.21. The molecule has 2 aromatic carbocycles. The van der Waals surface area contributed by atoms with Gasteiger partial charge in [-0.1, -0.05) is 30.3 Å². The van der Waals surface area contributed by atoms with E-state index in [1.165, 1.54) is 36.1 Å². The van der Waals surface area contributed by atoms with Crippen molar-refractivity contribution in [2.45, 2.75) is 13.0 Å². The number of rotatable bonds is 5. The maximum Gasteiger partial charge on any atom is 0.331 e. The van der Waals surface area contributed by atoms with Crippen molar-refractivity contribution in [3.05, 3.63) is 72.1 Å². The van der Waals surface area contributed by atoms with Gasteiger partial charge < -0.3 is 9.64 Å². The summed E-state index contributed by atoms with van der Waals surface area (Å²) in [5.41, 5.74) is 1.24. The van der Waals surface area contributed by atoms with E-state index in [1.54, 1.807) is 31.3 Å². The van der Waals surface area contributed by atoms with Gasteiger partial charge in [0.1, 0.15) is 5.82 Å². The molecule has 0 saturated heterocycles.